The lowest BCUT2D eigenvalue weighted by Crippen LogP contribution is -2.25. The van der Waals surface area contributed by atoms with Crippen LogP contribution >= 0.6 is 0 Å². The van der Waals surface area contributed by atoms with E-state index in [9.17, 15) is 4.79 Å². The summed E-state index contributed by atoms with van der Waals surface area (Å²) in [5, 5.41) is 2.97. The summed E-state index contributed by atoms with van der Waals surface area (Å²) in [4.78, 5) is 16.7. The Morgan fingerprint density at radius 3 is 3.08 bits per heavy atom. The first kappa shape index (κ1) is 8.93. The van der Waals surface area contributed by atoms with E-state index in [1.54, 1.807) is 4.90 Å². The zero-order valence-corrected chi connectivity index (χ0v) is 7.37. The van der Waals surface area contributed by atoms with Crippen LogP contribution in [0.5, 0.6) is 0 Å². The molecule has 4 heteroatoms. The number of likely N-dealkylation sites (N-methyl/N-ethyl adjacent to an activating group) is 1. The lowest BCUT2D eigenvalue weighted by atomic mass is 10.4. The summed E-state index contributed by atoms with van der Waals surface area (Å²) < 4.78 is 0. The molecule has 1 aliphatic rings. The van der Waals surface area contributed by atoms with Gasteiger partial charge in [-0.25, -0.2) is 4.99 Å². The van der Waals surface area contributed by atoms with E-state index in [1.807, 2.05) is 20.0 Å². The zero-order valence-electron chi connectivity index (χ0n) is 7.37. The van der Waals surface area contributed by atoms with Crippen molar-refractivity contribution in [2.24, 2.45) is 4.99 Å². The van der Waals surface area contributed by atoms with Crippen molar-refractivity contribution in [3.8, 4) is 0 Å². The van der Waals surface area contributed by atoms with E-state index in [1.165, 1.54) is 6.21 Å². The molecule has 0 atom stereocenters. The van der Waals surface area contributed by atoms with Crippen LogP contribution in [-0.4, -0.2) is 37.2 Å². The number of nitrogens with zero attached hydrogens (tertiary/aromatic N) is 2. The van der Waals surface area contributed by atoms with Gasteiger partial charge in [-0.1, -0.05) is 0 Å². The molecule has 0 fully saturated rings. The number of hydrogen-bond donors (Lipinski definition) is 1. The number of carbonyl (C=O) groups excluding carboxylic acids is 1. The Kier molecular flexibility index (Phi) is 2.99. The Morgan fingerprint density at radius 1 is 1.75 bits per heavy atom. The molecule has 66 valence electrons. The van der Waals surface area contributed by atoms with Crippen LogP contribution in [0.25, 0.3) is 0 Å². The molecule has 4 nitrogen and oxygen atoms in total. The topological polar surface area (TPSA) is 44.7 Å². The van der Waals surface area contributed by atoms with Crippen molar-refractivity contribution in [3.63, 3.8) is 0 Å². The second kappa shape index (κ2) is 4.01. The highest BCUT2D eigenvalue weighted by molar-refractivity contribution is 6.28. The minimum atomic E-state index is -0.0279. The van der Waals surface area contributed by atoms with Gasteiger partial charge in [0.1, 0.15) is 5.82 Å². The average Bonchev–Trinajstić information content (AvgIpc) is 2.43. The first-order valence-corrected chi connectivity index (χ1v) is 4.00. The maximum absolute atomic E-state index is 11.1. The number of hydrogen-bond acceptors (Lipinski definition) is 3. The number of rotatable bonds is 3. The maximum Gasteiger partial charge on any atom is 0.270 e. The second-order valence-corrected chi connectivity index (χ2v) is 2.46. The third-order valence-electron chi connectivity index (χ3n) is 1.65. The summed E-state index contributed by atoms with van der Waals surface area (Å²) in [7, 11) is 1.85. The van der Waals surface area contributed by atoms with E-state index in [0.29, 0.717) is 6.54 Å². The Balaban J connectivity index is 2.66. The van der Waals surface area contributed by atoms with Gasteiger partial charge in [-0.2, -0.15) is 0 Å². The summed E-state index contributed by atoms with van der Waals surface area (Å²) in [5.41, 5.74) is 0. The number of carbonyl (C=O) groups is 1. The highest BCUT2D eigenvalue weighted by Crippen LogP contribution is 2.10. The molecule has 12 heavy (non-hydrogen) atoms. The van der Waals surface area contributed by atoms with E-state index in [4.69, 9.17) is 0 Å². The van der Waals surface area contributed by atoms with Gasteiger partial charge in [0.15, 0.2) is 0 Å². The quantitative estimate of drug-likeness (QED) is 0.642. The zero-order chi connectivity index (χ0) is 8.97. The minimum absolute atomic E-state index is 0.0279. The van der Waals surface area contributed by atoms with E-state index >= 15 is 0 Å². The fraction of sp³-hybridized carbons (Fsp3) is 0.500. The Labute approximate surface area is 72.0 Å². The van der Waals surface area contributed by atoms with Crippen molar-refractivity contribution in [1.29, 1.82) is 0 Å². The van der Waals surface area contributed by atoms with Gasteiger partial charge >= 0.3 is 0 Å². The summed E-state index contributed by atoms with van der Waals surface area (Å²) in [5.74, 6) is 0.719. The third kappa shape index (κ3) is 1.71. The molecule has 0 saturated carbocycles. The highest BCUT2D eigenvalue weighted by atomic mass is 16.2. The van der Waals surface area contributed by atoms with Crippen LogP contribution in [0.15, 0.2) is 16.9 Å². The van der Waals surface area contributed by atoms with E-state index in [2.05, 4.69) is 10.3 Å². The molecular formula is C8H13N3O. The van der Waals surface area contributed by atoms with E-state index in [0.717, 1.165) is 12.4 Å². The monoisotopic (exact) mass is 167 g/mol. The molecule has 0 aromatic carbocycles. The van der Waals surface area contributed by atoms with E-state index < -0.39 is 0 Å². The van der Waals surface area contributed by atoms with Crippen molar-refractivity contribution < 1.29 is 4.79 Å². The molecular weight excluding hydrogens is 154 g/mol. The van der Waals surface area contributed by atoms with Gasteiger partial charge < -0.3 is 5.32 Å². The van der Waals surface area contributed by atoms with Gasteiger partial charge in [0, 0.05) is 13.1 Å². The van der Waals surface area contributed by atoms with Gasteiger partial charge in [0.05, 0.1) is 6.21 Å². The largest absolute Gasteiger partial charge is 0.316 e. The van der Waals surface area contributed by atoms with Gasteiger partial charge in [0.25, 0.3) is 5.91 Å². The van der Waals surface area contributed by atoms with Gasteiger partial charge in [-0.05, 0) is 20.0 Å². The smallest absolute Gasteiger partial charge is 0.270 e. The molecule has 0 bridgehead atoms. The van der Waals surface area contributed by atoms with Gasteiger partial charge in [-0.15, -0.1) is 0 Å². The van der Waals surface area contributed by atoms with Gasteiger partial charge in [-0.3, -0.25) is 9.69 Å². The normalized spacial score (nSPS) is 19.7. The minimum Gasteiger partial charge on any atom is -0.316 e. The summed E-state index contributed by atoms with van der Waals surface area (Å²) >= 11 is 0. The van der Waals surface area contributed by atoms with Crippen molar-refractivity contribution in [1.82, 2.24) is 10.2 Å². The van der Waals surface area contributed by atoms with Crippen LogP contribution in [0.2, 0.25) is 0 Å². The molecule has 0 aliphatic carbocycles. The summed E-state index contributed by atoms with van der Waals surface area (Å²) in [6, 6.07) is 0. The first-order chi connectivity index (χ1) is 5.79. The Hall–Kier alpha value is -1.16. The molecule has 0 radical (unpaired) electrons. The predicted octanol–water partition coefficient (Wildman–Crippen LogP) is -0.0199. The van der Waals surface area contributed by atoms with Crippen LogP contribution in [0.1, 0.15) is 6.92 Å². The third-order valence-corrected chi connectivity index (χ3v) is 1.65. The Morgan fingerprint density at radius 2 is 2.50 bits per heavy atom. The molecule has 1 aliphatic heterocycles. The number of amides is 1. The highest BCUT2D eigenvalue weighted by Gasteiger charge is 2.18. The molecule has 0 aromatic rings. The molecule has 0 unspecified atom stereocenters. The van der Waals surface area contributed by atoms with Crippen molar-refractivity contribution >= 4 is 12.1 Å². The second-order valence-electron chi connectivity index (χ2n) is 2.46. The Bertz CT molecular complexity index is 232. The van der Waals surface area contributed by atoms with Crippen LogP contribution in [0, 0.1) is 0 Å². The summed E-state index contributed by atoms with van der Waals surface area (Å²) in [6.07, 6.45) is 3.25. The average molecular weight is 167 g/mol. The lowest BCUT2D eigenvalue weighted by Gasteiger charge is -2.12. The van der Waals surface area contributed by atoms with Gasteiger partial charge in [0.2, 0.25) is 0 Å². The molecule has 1 amide bonds. The molecule has 1 rings (SSSR count). The molecule has 0 spiro atoms. The van der Waals surface area contributed by atoms with Crippen LogP contribution in [-0.2, 0) is 4.79 Å². The first-order valence-electron chi connectivity index (χ1n) is 4.00. The van der Waals surface area contributed by atoms with Crippen molar-refractivity contribution in [2.45, 2.75) is 6.92 Å². The fourth-order valence-electron chi connectivity index (χ4n) is 1.05. The SMILES string of the molecule is CCN1C(=O)C=NC1=CCNC. The maximum atomic E-state index is 11.1. The standard InChI is InChI=1S/C8H13N3O/c1-3-11-7(4-5-9-2)10-6-8(11)12/h4,6,9H,3,5H2,1-2H3. The molecule has 0 saturated heterocycles. The fourth-order valence-corrected chi connectivity index (χ4v) is 1.05. The van der Waals surface area contributed by atoms with Crippen LogP contribution in [0.3, 0.4) is 0 Å². The summed E-state index contributed by atoms with van der Waals surface area (Å²) in [6.45, 7) is 3.34. The lowest BCUT2D eigenvalue weighted by molar-refractivity contribution is -0.120. The van der Waals surface area contributed by atoms with Crippen molar-refractivity contribution in [3.05, 3.63) is 11.9 Å². The number of nitrogens with one attached hydrogen (secondary N) is 1. The van der Waals surface area contributed by atoms with Crippen molar-refractivity contribution in [2.75, 3.05) is 20.1 Å². The van der Waals surface area contributed by atoms with E-state index in [-0.39, 0.29) is 5.91 Å². The van der Waals surface area contributed by atoms with Crippen LogP contribution in [0.4, 0.5) is 0 Å². The van der Waals surface area contributed by atoms with Crippen LogP contribution < -0.4 is 5.32 Å². The predicted molar refractivity (Wildman–Crippen MR) is 47.9 cm³/mol. The molecule has 1 heterocycles. The molecule has 0 aromatic heterocycles. The molecule has 1 N–H and O–H groups in total. The number of aliphatic imine (C=N–C) groups is 1.